The lowest BCUT2D eigenvalue weighted by Gasteiger charge is -2.14. The third-order valence-corrected chi connectivity index (χ3v) is 4.82. The summed E-state index contributed by atoms with van der Waals surface area (Å²) >= 11 is 6.01. The largest absolute Gasteiger partial charge is 0.494 e. The number of ether oxygens (including phenoxy) is 1. The fraction of sp³-hybridized carbons (Fsp3) is 0.333. The number of amides is 1. The van der Waals surface area contributed by atoms with Crippen molar-refractivity contribution >= 4 is 23.3 Å². The van der Waals surface area contributed by atoms with Crippen LogP contribution in [-0.4, -0.2) is 18.3 Å². The van der Waals surface area contributed by atoms with Gasteiger partial charge in [0.05, 0.1) is 12.6 Å². The second-order valence-corrected chi connectivity index (χ2v) is 6.82. The van der Waals surface area contributed by atoms with Crippen molar-refractivity contribution in [2.45, 2.75) is 38.6 Å². The molecule has 1 aliphatic rings. The van der Waals surface area contributed by atoms with Crippen molar-refractivity contribution in [3.05, 3.63) is 64.2 Å². The molecule has 0 spiro atoms. The van der Waals surface area contributed by atoms with Gasteiger partial charge in [0.15, 0.2) is 5.78 Å². The van der Waals surface area contributed by atoms with Crippen LogP contribution in [0.3, 0.4) is 0 Å². The van der Waals surface area contributed by atoms with Gasteiger partial charge in [0.1, 0.15) is 5.75 Å². The first kappa shape index (κ1) is 18.5. The summed E-state index contributed by atoms with van der Waals surface area (Å²) in [6.07, 6.45) is 2.16. The minimum atomic E-state index is -0.0999. The summed E-state index contributed by atoms with van der Waals surface area (Å²) in [5, 5.41) is 3.75. The SMILES string of the molecule is CCOc1ccc(C(=O)CCC(=O)NC2CCc3cc(Cl)ccc32)cc1. The molecule has 0 aliphatic heterocycles. The Morgan fingerprint density at radius 1 is 1.15 bits per heavy atom. The van der Waals surface area contributed by atoms with Crippen LogP contribution in [0.4, 0.5) is 0 Å². The number of ketones is 1. The molecule has 1 amide bonds. The third-order valence-electron chi connectivity index (χ3n) is 4.58. The standard InChI is InChI=1S/C21H22ClNO3/c1-2-26-17-7-3-14(4-8-17)20(24)11-12-21(25)23-19-10-5-15-13-16(22)6-9-18(15)19/h3-4,6-9,13,19H,2,5,10-12H2,1H3,(H,23,25). The summed E-state index contributed by atoms with van der Waals surface area (Å²) in [5.74, 6) is 0.598. The molecule has 1 unspecified atom stereocenters. The molecule has 1 atom stereocenters. The lowest BCUT2D eigenvalue weighted by Crippen LogP contribution is -2.27. The number of aryl methyl sites for hydroxylation is 1. The van der Waals surface area contributed by atoms with Gasteiger partial charge in [-0.15, -0.1) is 0 Å². The average Bonchev–Trinajstić information content (AvgIpc) is 3.02. The molecule has 1 N–H and O–H groups in total. The quantitative estimate of drug-likeness (QED) is 0.729. The molecule has 2 aromatic carbocycles. The first-order valence-electron chi connectivity index (χ1n) is 8.90. The maximum absolute atomic E-state index is 12.3. The van der Waals surface area contributed by atoms with Crippen molar-refractivity contribution in [1.82, 2.24) is 5.32 Å². The molecule has 0 fully saturated rings. The van der Waals surface area contributed by atoms with E-state index in [0.717, 1.165) is 29.2 Å². The van der Waals surface area contributed by atoms with E-state index in [2.05, 4.69) is 5.32 Å². The van der Waals surface area contributed by atoms with Crippen LogP contribution in [0.1, 0.15) is 53.7 Å². The summed E-state index contributed by atoms with van der Waals surface area (Å²) in [6.45, 7) is 2.50. The molecule has 26 heavy (non-hydrogen) atoms. The zero-order valence-electron chi connectivity index (χ0n) is 14.8. The van der Waals surface area contributed by atoms with Crippen molar-refractivity contribution in [1.29, 1.82) is 0 Å². The predicted molar refractivity (Wildman–Crippen MR) is 102 cm³/mol. The van der Waals surface area contributed by atoms with Crippen molar-refractivity contribution < 1.29 is 14.3 Å². The normalized spacial score (nSPS) is 15.4. The van der Waals surface area contributed by atoms with Crippen molar-refractivity contribution in [3.8, 4) is 5.75 Å². The highest BCUT2D eigenvalue weighted by atomic mass is 35.5. The number of nitrogens with one attached hydrogen (secondary N) is 1. The molecule has 0 radical (unpaired) electrons. The second-order valence-electron chi connectivity index (χ2n) is 6.38. The summed E-state index contributed by atoms with van der Waals surface area (Å²) in [5.41, 5.74) is 2.91. The molecular weight excluding hydrogens is 350 g/mol. The zero-order valence-corrected chi connectivity index (χ0v) is 15.5. The number of halogens is 1. The van der Waals surface area contributed by atoms with Crippen LogP contribution < -0.4 is 10.1 Å². The van der Waals surface area contributed by atoms with Crippen LogP contribution in [0, 0.1) is 0 Å². The van der Waals surface area contributed by atoms with E-state index >= 15 is 0 Å². The lowest BCUT2D eigenvalue weighted by atomic mass is 10.1. The number of fused-ring (bicyclic) bond motifs is 1. The van der Waals surface area contributed by atoms with Gasteiger partial charge in [0, 0.05) is 23.4 Å². The van der Waals surface area contributed by atoms with E-state index in [1.54, 1.807) is 24.3 Å². The molecular formula is C21H22ClNO3. The van der Waals surface area contributed by atoms with Gasteiger partial charge in [-0.1, -0.05) is 17.7 Å². The number of carbonyl (C=O) groups is 2. The van der Waals surface area contributed by atoms with Crippen LogP contribution in [0.2, 0.25) is 5.02 Å². The van der Waals surface area contributed by atoms with Gasteiger partial charge < -0.3 is 10.1 Å². The first-order chi connectivity index (χ1) is 12.6. The topological polar surface area (TPSA) is 55.4 Å². The average molecular weight is 372 g/mol. The smallest absolute Gasteiger partial charge is 0.220 e. The van der Waals surface area contributed by atoms with Gasteiger partial charge in [-0.2, -0.15) is 0 Å². The van der Waals surface area contributed by atoms with Gasteiger partial charge in [-0.25, -0.2) is 0 Å². The lowest BCUT2D eigenvalue weighted by molar-refractivity contribution is -0.121. The van der Waals surface area contributed by atoms with Gasteiger partial charge >= 0.3 is 0 Å². The Morgan fingerprint density at radius 3 is 2.65 bits per heavy atom. The fourth-order valence-corrected chi connectivity index (χ4v) is 3.47. The number of rotatable bonds is 7. The summed E-state index contributed by atoms with van der Waals surface area (Å²) in [6, 6.07) is 12.8. The number of hydrogen-bond donors (Lipinski definition) is 1. The van der Waals surface area contributed by atoms with Gasteiger partial charge in [-0.3, -0.25) is 9.59 Å². The first-order valence-corrected chi connectivity index (χ1v) is 9.28. The number of hydrogen-bond acceptors (Lipinski definition) is 3. The summed E-state index contributed by atoms with van der Waals surface area (Å²) in [7, 11) is 0. The van der Waals surface area contributed by atoms with Crippen LogP contribution in [0.25, 0.3) is 0 Å². The maximum atomic E-state index is 12.3. The summed E-state index contributed by atoms with van der Waals surface area (Å²) < 4.78 is 5.37. The molecule has 2 aromatic rings. The Kier molecular flexibility index (Phi) is 5.94. The van der Waals surface area contributed by atoms with Crippen LogP contribution in [-0.2, 0) is 11.2 Å². The van der Waals surface area contributed by atoms with Crippen molar-refractivity contribution in [2.75, 3.05) is 6.61 Å². The Morgan fingerprint density at radius 2 is 1.92 bits per heavy atom. The zero-order chi connectivity index (χ0) is 18.5. The van der Waals surface area contributed by atoms with Crippen LogP contribution in [0.15, 0.2) is 42.5 Å². The highest BCUT2D eigenvalue weighted by molar-refractivity contribution is 6.30. The van der Waals surface area contributed by atoms with Crippen molar-refractivity contribution in [3.63, 3.8) is 0 Å². The molecule has 0 heterocycles. The van der Waals surface area contributed by atoms with Crippen LogP contribution >= 0.6 is 11.6 Å². The number of benzene rings is 2. The third kappa shape index (κ3) is 4.44. The van der Waals surface area contributed by atoms with E-state index in [1.165, 1.54) is 5.56 Å². The van der Waals surface area contributed by atoms with E-state index in [9.17, 15) is 9.59 Å². The van der Waals surface area contributed by atoms with Crippen LogP contribution in [0.5, 0.6) is 5.75 Å². The molecule has 0 saturated heterocycles. The maximum Gasteiger partial charge on any atom is 0.220 e. The Labute approximate surface area is 158 Å². The Hall–Kier alpha value is -2.33. The Balaban J connectivity index is 1.51. The molecule has 3 rings (SSSR count). The predicted octanol–water partition coefficient (Wildman–Crippen LogP) is 4.51. The van der Waals surface area contributed by atoms with E-state index in [1.807, 2.05) is 25.1 Å². The molecule has 5 heteroatoms. The Bertz CT molecular complexity index is 801. The molecule has 4 nitrogen and oxygen atoms in total. The van der Waals surface area contributed by atoms with E-state index in [0.29, 0.717) is 12.2 Å². The van der Waals surface area contributed by atoms with E-state index < -0.39 is 0 Å². The highest BCUT2D eigenvalue weighted by Gasteiger charge is 2.24. The molecule has 0 bridgehead atoms. The van der Waals surface area contributed by atoms with Crippen molar-refractivity contribution in [2.24, 2.45) is 0 Å². The van der Waals surface area contributed by atoms with Gasteiger partial charge in [-0.05, 0) is 67.3 Å². The minimum absolute atomic E-state index is 0.00958. The number of carbonyl (C=O) groups excluding carboxylic acids is 2. The summed E-state index contributed by atoms with van der Waals surface area (Å²) in [4.78, 5) is 24.5. The highest BCUT2D eigenvalue weighted by Crippen LogP contribution is 2.32. The number of Topliss-reactive ketones (excluding diaryl/α,β-unsaturated/α-hetero) is 1. The second kappa shape index (κ2) is 8.37. The van der Waals surface area contributed by atoms with E-state index in [4.69, 9.17) is 16.3 Å². The molecule has 1 aliphatic carbocycles. The molecule has 136 valence electrons. The molecule has 0 saturated carbocycles. The monoisotopic (exact) mass is 371 g/mol. The minimum Gasteiger partial charge on any atom is -0.494 e. The van der Waals surface area contributed by atoms with Gasteiger partial charge in [0.25, 0.3) is 0 Å². The molecule has 0 aromatic heterocycles. The fourth-order valence-electron chi connectivity index (χ4n) is 3.28. The van der Waals surface area contributed by atoms with E-state index in [-0.39, 0.29) is 30.6 Å². The van der Waals surface area contributed by atoms with Gasteiger partial charge in [0.2, 0.25) is 5.91 Å².